The van der Waals surface area contributed by atoms with Gasteiger partial charge in [-0.25, -0.2) is 4.79 Å². The van der Waals surface area contributed by atoms with E-state index in [1.165, 1.54) is 7.11 Å². The Morgan fingerprint density at radius 3 is 2.73 bits per heavy atom. The summed E-state index contributed by atoms with van der Waals surface area (Å²) in [6, 6.07) is 6.64. The van der Waals surface area contributed by atoms with Crippen LogP contribution in [-0.2, 0) is 20.9 Å². The summed E-state index contributed by atoms with van der Waals surface area (Å²) < 4.78 is 9.80. The van der Waals surface area contributed by atoms with E-state index >= 15 is 0 Å². The number of amides is 1. The smallest absolute Gasteiger partial charge is 0.343 e. The van der Waals surface area contributed by atoms with Gasteiger partial charge in [0, 0.05) is 6.54 Å². The summed E-state index contributed by atoms with van der Waals surface area (Å²) >= 11 is 0. The van der Waals surface area contributed by atoms with Gasteiger partial charge in [0.15, 0.2) is 6.61 Å². The first-order valence-electron chi connectivity index (χ1n) is 7.29. The highest BCUT2D eigenvalue weighted by Gasteiger charge is 2.18. The molecular weight excluding hydrogens is 284 g/mol. The van der Waals surface area contributed by atoms with Crippen molar-refractivity contribution >= 4 is 11.9 Å². The fourth-order valence-electron chi connectivity index (χ4n) is 1.77. The predicted octanol–water partition coefficient (Wildman–Crippen LogP) is 1.23. The maximum atomic E-state index is 11.9. The Hall–Kier alpha value is -2.08. The molecular formula is C16H24N2O4. The van der Waals surface area contributed by atoms with Gasteiger partial charge >= 0.3 is 5.97 Å². The molecule has 0 bridgehead atoms. The Labute approximate surface area is 131 Å². The van der Waals surface area contributed by atoms with Crippen LogP contribution < -0.4 is 15.8 Å². The largest absolute Gasteiger partial charge is 0.482 e. The van der Waals surface area contributed by atoms with Gasteiger partial charge in [-0.15, -0.1) is 0 Å². The number of hydrogen-bond donors (Lipinski definition) is 2. The van der Waals surface area contributed by atoms with Crippen molar-refractivity contribution < 1.29 is 19.1 Å². The molecule has 2 atom stereocenters. The van der Waals surface area contributed by atoms with Crippen LogP contribution >= 0.6 is 0 Å². The van der Waals surface area contributed by atoms with Gasteiger partial charge in [-0.05, 0) is 23.6 Å². The Morgan fingerprint density at radius 1 is 1.36 bits per heavy atom. The molecule has 6 heteroatoms. The summed E-state index contributed by atoms with van der Waals surface area (Å²) in [6.45, 7) is 4.16. The summed E-state index contributed by atoms with van der Waals surface area (Å²) in [5.41, 5.74) is 6.74. The molecule has 3 N–H and O–H groups in total. The summed E-state index contributed by atoms with van der Waals surface area (Å²) in [4.78, 5) is 23.0. The van der Waals surface area contributed by atoms with Gasteiger partial charge in [0.2, 0.25) is 5.91 Å². The molecule has 0 saturated heterocycles. The summed E-state index contributed by atoms with van der Waals surface area (Å²) in [5, 5.41) is 2.81. The predicted molar refractivity (Wildman–Crippen MR) is 83.2 cm³/mol. The zero-order valence-corrected chi connectivity index (χ0v) is 13.3. The number of hydrogen-bond acceptors (Lipinski definition) is 5. The number of ether oxygens (including phenoxy) is 2. The van der Waals surface area contributed by atoms with E-state index in [0.29, 0.717) is 12.3 Å². The van der Waals surface area contributed by atoms with E-state index in [2.05, 4.69) is 10.1 Å². The van der Waals surface area contributed by atoms with Crippen LogP contribution in [0.5, 0.6) is 5.75 Å². The number of carbonyl (C=O) groups is 2. The standard InChI is InChI=1S/C16H24N2O4/c1-4-11(2)15(17)16(20)18-9-12-6-5-7-13(8-12)22-10-14(19)21-3/h5-8,11,15H,4,9-10,17H2,1-3H3,(H,18,20). The third kappa shape index (κ3) is 5.73. The molecule has 0 radical (unpaired) electrons. The Morgan fingerprint density at radius 2 is 2.09 bits per heavy atom. The van der Waals surface area contributed by atoms with Crippen molar-refractivity contribution in [1.82, 2.24) is 5.32 Å². The van der Waals surface area contributed by atoms with Crippen molar-refractivity contribution in [2.45, 2.75) is 32.9 Å². The lowest BCUT2D eigenvalue weighted by Crippen LogP contribution is -2.44. The molecule has 1 aromatic carbocycles. The van der Waals surface area contributed by atoms with Crippen molar-refractivity contribution in [3.05, 3.63) is 29.8 Å². The fraction of sp³-hybridized carbons (Fsp3) is 0.500. The van der Waals surface area contributed by atoms with Crippen LogP contribution in [0.2, 0.25) is 0 Å². The Kier molecular flexibility index (Phi) is 7.39. The number of benzene rings is 1. The number of nitrogens with two attached hydrogens (primary N) is 1. The van der Waals surface area contributed by atoms with Crippen molar-refractivity contribution in [2.24, 2.45) is 11.7 Å². The summed E-state index contributed by atoms with van der Waals surface area (Å²) in [5.74, 6) is 0.0616. The fourth-order valence-corrected chi connectivity index (χ4v) is 1.77. The van der Waals surface area contributed by atoms with E-state index in [0.717, 1.165) is 12.0 Å². The minimum Gasteiger partial charge on any atom is -0.482 e. The molecule has 0 spiro atoms. The lowest BCUT2D eigenvalue weighted by atomic mass is 9.99. The molecule has 0 saturated carbocycles. The molecule has 22 heavy (non-hydrogen) atoms. The van der Waals surface area contributed by atoms with Gasteiger partial charge in [0.1, 0.15) is 5.75 Å². The van der Waals surface area contributed by atoms with E-state index in [1.807, 2.05) is 19.9 Å². The first-order valence-corrected chi connectivity index (χ1v) is 7.29. The molecule has 1 rings (SSSR count). The number of esters is 1. The summed E-state index contributed by atoms with van der Waals surface area (Å²) in [7, 11) is 1.30. The highest BCUT2D eigenvalue weighted by Crippen LogP contribution is 2.13. The quantitative estimate of drug-likeness (QED) is 0.705. The number of methoxy groups -OCH3 is 1. The minimum atomic E-state index is -0.510. The third-order valence-corrected chi connectivity index (χ3v) is 3.51. The van der Waals surface area contributed by atoms with Crippen molar-refractivity contribution in [2.75, 3.05) is 13.7 Å². The molecule has 1 amide bonds. The van der Waals surface area contributed by atoms with Crippen LogP contribution in [0, 0.1) is 5.92 Å². The molecule has 0 heterocycles. The highest BCUT2D eigenvalue weighted by molar-refractivity contribution is 5.81. The van der Waals surface area contributed by atoms with Gasteiger partial charge in [-0.1, -0.05) is 32.4 Å². The molecule has 0 aliphatic carbocycles. The molecule has 0 aliphatic heterocycles. The molecule has 1 aromatic rings. The molecule has 0 aromatic heterocycles. The van der Waals surface area contributed by atoms with Crippen LogP contribution in [0.25, 0.3) is 0 Å². The second-order valence-corrected chi connectivity index (χ2v) is 5.14. The third-order valence-electron chi connectivity index (χ3n) is 3.51. The average Bonchev–Trinajstić information content (AvgIpc) is 2.56. The number of rotatable bonds is 8. The average molecular weight is 308 g/mol. The van der Waals surface area contributed by atoms with Gasteiger partial charge in [0.05, 0.1) is 13.2 Å². The van der Waals surface area contributed by atoms with Crippen molar-refractivity contribution in [3.8, 4) is 5.75 Å². The van der Waals surface area contributed by atoms with Crippen LogP contribution in [-0.4, -0.2) is 31.6 Å². The molecule has 6 nitrogen and oxygen atoms in total. The maximum absolute atomic E-state index is 11.9. The topological polar surface area (TPSA) is 90.7 Å². The van der Waals surface area contributed by atoms with Gasteiger partial charge in [-0.3, -0.25) is 4.79 Å². The van der Waals surface area contributed by atoms with Crippen molar-refractivity contribution in [1.29, 1.82) is 0 Å². The molecule has 2 unspecified atom stereocenters. The van der Waals surface area contributed by atoms with Crippen LogP contribution in [0.1, 0.15) is 25.8 Å². The molecule has 122 valence electrons. The molecule has 0 aliphatic rings. The van der Waals surface area contributed by atoms with Gasteiger partial charge in [-0.2, -0.15) is 0 Å². The van der Waals surface area contributed by atoms with E-state index in [4.69, 9.17) is 10.5 Å². The number of carbonyl (C=O) groups excluding carboxylic acids is 2. The van der Waals surface area contributed by atoms with Gasteiger partial charge < -0.3 is 20.5 Å². The first-order chi connectivity index (χ1) is 10.5. The van der Waals surface area contributed by atoms with E-state index in [1.54, 1.807) is 18.2 Å². The summed E-state index contributed by atoms with van der Waals surface area (Å²) in [6.07, 6.45) is 0.853. The minimum absolute atomic E-state index is 0.134. The van der Waals surface area contributed by atoms with Crippen LogP contribution in [0.3, 0.4) is 0 Å². The SMILES string of the molecule is CCC(C)C(N)C(=O)NCc1cccc(OCC(=O)OC)c1. The first kappa shape index (κ1) is 18.0. The normalized spacial score (nSPS) is 13.1. The van der Waals surface area contributed by atoms with Crippen LogP contribution in [0.4, 0.5) is 0 Å². The maximum Gasteiger partial charge on any atom is 0.343 e. The second-order valence-electron chi connectivity index (χ2n) is 5.14. The van der Waals surface area contributed by atoms with Crippen LogP contribution in [0.15, 0.2) is 24.3 Å². The van der Waals surface area contributed by atoms with E-state index in [-0.39, 0.29) is 18.4 Å². The zero-order valence-electron chi connectivity index (χ0n) is 13.3. The van der Waals surface area contributed by atoms with Gasteiger partial charge in [0.25, 0.3) is 0 Å². The van der Waals surface area contributed by atoms with E-state index < -0.39 is 12.0 Å². The lowest BCUT2D eigenvalue weighted by Gasteiger charge is -2.17. The second kappa shape index (κ2) is 9.04. The van der Waals surface area contributed by atoms with Crippen molar-refractivity contribution in [3.63, 3.8) is 0 Å². The zero-order chi connectivity index (χ0) is 16.5. The highest BCUT2D eigenvalue weighted by atomic mass is 16.6. The van der Waals surface area contributed by atoms with E-state index in [9.17, 15) is 9.59 Å². The Balaban J connectivity index is 2.52. The molecule has 0 fully saturated rings. The monoisotopic (exact) mass is 308 g/mol. The lowest BCUT2D eigenvalue weighted by molar-refractivity contribution is -0.142. The number of nitrogens with one attached hydrogen (secondary N) is 1. The Bertz CT molecular complexity index is 505.